The molecular weight excluding hydrogens is 320 g/mol. The summed E-state index contributed by atoms with van der Waals surface area (Å²) in [6.07, 6.45) is 2.00. The maximum atomic E-state index is 12.9. The zero-order chi connectivity index (χ0) is 18.4. The smallest absolute Gasteiger partial charge is 0.407 e. The topological polar surface area (TPSA) is 73.5 Å². The Bertz CT molecular complexity index is 847. The molecule has 0 saturated heterocycles. The van der Waals surface area contributed by atoms with Gasteiger partial charge in [0.15, 0.2) is 5.58 Å². The van der Waals surface area contributed by atoms with Crippen LogP contribution in [0.1, 0.15) is 44.0 Å². The van der Waals surface area contributed by atoms with Gasteiger partial charge in [0.05, 0.1) is 17.2 Å². The Morgan fingerprint density at radius 3 is 2.64 bits per heavy atom. The first-order valence-corrected chi connectivity index (χ1v) is 8.83. The molecule has 0 bridgehead atoms. The van der Waals surface area contributed by atoms with Gasteiger partial charge in [-0.25, -0.2) is 4.79 Å². The van der Waals surface area contributed by atoms with Crippen molar-refractivity contribution in [3.8, 4) is 0 Å². The fraction of sp³-hybridized carbons (Fsp3) is 0.579. The Balaban J connectivity index is 1.93. The van der Waals surface area contributed by atoms with Gasteiger partial charge in [0.2, 0.25) is 0 Å². The van der Waals surface area contributed by atoms with Crippen molar-refractivity contribution in [1.29, 1.82) is 0 Å². The lowest BCUT2D eigenvalue weighted by molar-refractivity contribution is -0.164. The van der Waals surface area contributed by atoms with Gasteiger partial charge >= 0.3 is 5.76 Å². The van der Waals surface area contributed by atoms with E-state index in [4.69, 9.17) is 9.15 Å². The molecule has 3 rings (SSSR count). The Hall–Kier alpha value is -2.08. The monoisotopic (exact) mass is 346 g/mol. The average Bonchev–Trinajstić information content (AvgIpc) is 2.91. The van der Waals surface area contributed by atoms with Crippen molar-refractivity contribution in [3.05, 3.63) is 34.3 Å². The number of aromatic nitrogens is 1. The van der Waals surface area contributed by atoms with Gasteiger partial charge in [0, 0.05) is 31.5 Å². The van der Waals surface area contributed by atoms with E-state index < -0.39 is 5.76 Å². The maximum absolute atomic E-state index is 12.9. The average molecular weight is 346 g/mol. The van der Waals surface area contributed by atoms with Crippen LogP contribution in [0, 0.1) is 11.3 Å². The molecule has 6 heteroatoms. The molecule has 0 aliphatic heterocycles. The lowest BCUT2D eigenvalue weighted by Crippen LogP contribution is -2.69. The van der Waals surface area contributed by atoms with Crippen molar-refractivity contribution >= 4 is 17.0 Å². The van der Waals surface area contributed by atoms with Gasteiger partial charge in [0.25, 0.3) is 5.91 Å². The van der Waals surface area contributed by atoms with Gasteiger partial charge in [-0.1, -0.05) is 26.8 Å². The van der Waals surface area contributed by atoms with Crippen LogP contribution in [0.25, 0.3) is 11.1 Å². The molecule has 0 spiro atoms. The van der Waals surface area contributed by atoms with E-state index in [-0.39, 0.29) is 29.4 Å². The van der Waals surface area contributed by atoms with Crippen LogP contribution in [-0.2, 0) is 11.8 Å². The van der Waals surface area contributed by atoms with E-state index in [1.54, 1.807) is 32.4 Å². The minimum atomic E-state index is -0.469. The van der Waals surface area contributed by atoms with Crippen LogP contribution in [0.2, 0.25) is 0 Å². The molecule has 6 nitrogen and oxygen atoms in total. The molecule has 1 amide bonds. The predicted molar refractivity (Wildman–Crippen MR) is 95.7 cm³/mol. The van der Waals surface area contributed by atoms with Gasteiger partial charge in [0.1, 0.15) is 0 Å². The van der Waals surface area contributed by atoms with E-state index in [0.29, 0.717) is 16.7 Å². The molecule has 1 fully saturated rings. The number of methoxy groups -OCH3 is 1. The summed E-state index contributed by atoms with van der Waals surface area (Å²) < 4.78 is 12.4. The Kier molecular flexibility index (Phi) is 4.49. The number of ether oxygens (including phenoxy) is 1. The second-order valence-electron chi connectivity index (χ2n) is 6.99. The van der Waals surface area contributed by atoms with Crippen LogP contribution < -0.4 is 11.1 Å². The standard InChI is InChI=1S/C19H26N2O4/c1-6-19(7-2)15(11(3)16(19)24-5)20-17(22)12-9-8-10-13-14(12)25-18(23)21(13)4/h8-11,15-16H,6-7H2,1-5H3,(H,20,22)/t11-,15+,16+/m0/s1. The van der Waals surface area contributed by atoms with E-state index in [1.165, 1.54) is 4.57 Å². The number of hydrogen-bond acceptors (Lipinski definition) is 4. The van der Waals surface area contributed by atoms with Crippen molar-refractivity contribution in [3.63, 3.8) is 0 Å². The quantitative estimate of drug-likeness (QED) is 0.903. The highest BCUT2D eigenvalue weighted by Crippen LogP contribution is 2.52. The predicted octanol–water partition coefficient (Wildman–Crippen LogP) is 2.70. The lowest BCUT2D eigenvalue weighted by atomic mass is 9.53. The first-order chi connectivity index (χ1) is 11.9. The van der Waals surface area contributed by atoms with E-state index >= 15 is 0 Å². The SMILES string of the molecule is CCC1(CC)[C@H](NC(=O)c2cccc3c2oc(=O)n3C)[C@H](C)[C@H]1OC. The lowest BCUT2D eigenvalue weighted by Gasteiger charge is -2.59. The molecular formula is C19H26N2O4. The molecule has 1 aromatic carbocycles. The minimum absolute atomic E-state index is 0.0330. The van der Waals surface area contributed by atoms with Crippen LogP contribution in [0.15, 0.2) is 27.4 Å². The Morgan fingerprint density at radius 1 is 1.36 bits per heavy atom. The third-order valence-corrected chi connectivity index (χ3v) is 6.11. The number of rotatable bonds is 5. The normalized spacial score (nSPS) is 24.9. The molecule has 1 N–H and O–H groups in total. The van der Waals surface area contributed by atoms with Gasteiger partial charge in [-0.15, -0.1) is 0 Å². The van der Waals surface area contributed by atoms with E-state index in [0.717, 1.165) is 12.8 Å². The number of fused-ring (bicyclic) bond motifs is 1. The second-order valence-corrected chi connectivity index (χ2v) is 6.99. The zero-order valence-corrected chi connectivity index (χ0v) is 15.5. The van der Waals surface area contributed by atoms with Crippen LogP contribution in [0.4, 0.5) is 0 Å². The van der Waals surface area contributed by atoms with E-state index in [9.17, 15) is 9.59 Å². The fourth-order valence-electron chi connectivity index (χ4n) is 4.65. The molecule has 25 heavy (non-hydrogen) atoms. The minimum Gasteiger partial charge on any atom is -0.407 e. The summed E-state index contributed by atoms with van der Waals surface area (Å²) >= 11 is 0. The number of para-hydroxylation sites is 1. The van der Waals surface area contributed by atoms with Gasteiger partial charge in [-0.3, -0.25) is 9.36 Å². The molecule has 0 unspecified atom stereocenters. The summed E-state index contributed by atoms with van der Waals surface area (Å²) in [4.78, 5) is 24.7. The van der Waals surface area contributed by atoms with Crippen molar-refractivity contribution in [2.45, 2.75) is 45.8 Å². The zero-order valence-electron chi connectivity index (χ0n) is 15.5. The number of aryl methyl sites for hydroxylation is 1. The molecule has 1 heterocycles. The van der Waals surface area contributed by atoms with Crippen molar-refractivity contribution in [1.82, 2.24) is 9.88 Å². The first-order valence-electron chi connectivity index (χ1n) is 8.83. The highest BCUT2D eigenvalue weighted by atomic mass is 16.5. The molecule has 1 aromatic heterocycles. The van der Waals surface area contributed by atoms with Gasteiger partial charge < -0.3 is 14.5 Å². The summed E-state index contributed by atoms with van der Waals surface area (Å²) in [5, 5.41) is 3.17. The highest BCUT2D eigenvalue weighted by molar-refractivity contribution is 6.04. The van der Waals surface area contributed by atoms with Crippen molar-refractivity contribution in [2.24, 2.45) is 18.4 Å². The van der Waals surface area contributed by atoms with Crippen LogP contribution in [0.3, 0.4) is 0 Å². The molecule has 1 saturated carbocycles. The van der Waals surface area contributed by atoms with Crippen molar-refractivity contribution in [2.75, 3.05) is 7.11 Å². The third kappa shape index (κ3) is 2.42. The number of nitrogens with zero attached hydrogens (tertiary/aromatic N) is 1. The van der Waals surface area contributed by atoms with E-state index in [2.05, 4.69) is 26.1 Å². The van der Waals surface area contributed by atoms with Gasteiger partial charge in [-0.05, 0) is 25.0 Å². The van der Waals surface area contributed by atoms with Crippen LogP contribution in [0.5, 0.6) is 0 Å². The molecule has 136 valence electrons. The Labute approximate surface area is 147 Å². The summed E-state index contributed by atoms with van der Waals surface area (Å²) in [5.41, 5.74) is 1.28. The molecule has 2 aromatic rings. The van der Waals surface area contributed by atoms with Crippen LogP contribution >= 0.6 is 0 Å². The molecule has 1 aliphatic rings. The summed E-state index contributed by atoms with van der Waals surface area (Å²) in [5.74, 6) is -0.448. The summed E-state index contributed by atoms with van der Waals surface area (Å²) in [6, 6.07) is 5.26. The summed E-state index contributed by atoms with van der Waals surface area (Å²) in [6.45, 7) is 6.38. The number of oxazole rings is 1. The van der Waals surface area contributed by atoms with Crippen molar-refractivity contribution < 1.29 is 13.9 Å². The number of benzene rings is 1. The number of amides is 1. The van der Waals surface area contributed by atoms with Gasteiger partial charge in [-0.2, -0.15) is 0 Å². The first kappa shape index (κ1) is 17.7. The number of carbonyl (C=O) groups excluding carboxylic acids is 1. The Morgan fingerprint density at radius 2 is 2.04 bits per heavy atom. The highest BCUT2D eigenvalue weighted by Gasteiger charge is 2.58. The largest absolute Gasteiger partial charge is 0.419 e. The van der Waals surface area contributed by atoms with E-state index in [1.807, 2.05) is 0 Å². The third-order valence-electron chi connectivity index (χ3n) is 6.11. The molecule has 0 radical (unpaired) electrons. The number of carbonyl (C=O) groups is 1. The van der Waals surface area contributed by atoms with Crippen LogP contribution in [-0.4, -0.2) is 29.7 Å². The number of nitrogens with one attached hydrogen (secondary N) is 1. The summed E-state index contributed by atoms with van der Waals surface area (Å²) in [7, 11) is 3.37. The molecule has 3 atom stereocenters. The number of hydrogen-bond donors (Lipinski definition) is 1. The second kappa shape index (κ2) is 6.33. The fourth-order valence-corrected chi connectivity index (χ4v) is 4.65. The maximum Gasteiger partial charge on any atom is 0.419 e. The molecule has 1 aliphatic carbocycles.